The van der Waals surface area contributed by atoms with E-state index < -0.39 is 0 Å². The van der Waals surface area contributed by atoms with Crippen LogP contribution >= 0.6 is 0 Å². The number of rotatable bonds is 2. The number of piperidine rings is 1. The number of aryl methyl sites for hydroxylation is 1. The second kappa shape index (κ2) is 5.87. The van der Waals surface area contributed by atoms with Crippen LogP contribution in [-0.4, -0.2) is 29.1 Å². The molecule has 0 unspecified atom stereocenters. The van der Waals surface area contributed by atoms with Gasteiger partial charge in [0.15, 0.2) is 5.76 Å². The summed E-state index contributed by atoms with van der Waals surface area (Å²) in [7, 11) is 0. The van der Waals surface area contributed by atoms with Crippen molar-refractivity contribution in [3.63, 3.8) is 0 Å². The molecule has 1 saturated heterocycles. The summed E-state index contributed by atoms with van der Waals surface area (Å²) in [5.41, 5.74) is 2.44. The maximum Gasteiger partial charge on any atom is 0.289 e. The minimum atomic E-state index is -0.0264. The topological polar surface area (TPSA) is 59.5 Å². The molecule has 0 aromatic carbocycles. The summed E-state index contributed by atoms with van der Waals surface area (Å²) in [6, 6.07) is 3.48. The lowest BCUT2D eigenvalue weighted by atomic mass is 9.84. The monoisotopic (exact) mass is 314 g/mol. The molecule has 0 radical (unpaired) electrons. The van der Waals surface area contributed by atoms with Crippen molar-refractivity contribution >= 4 is 5.91 Å². The highest BCUT2D eigenvalue weighted by atomic mass is 16.5. The van der Waals surface area contributed by atoms with E-state index in [0.717, 1.165) is 43.7 Å². The van der Waals surface area contributed by atoms with Gasteiger partial charge in [-0.3, -0.25) is 4.79 Å². The molecule has 2 aliphatic rings. The van der Waals surface area contributed by atoms with Crippen LogP contribution in [0, 0.1) is 5.92 Å². The summed E-state index contributed by atoms with van der Waals surface area (Å²) < 4.78 is 11.0. The standard InChI is InChI=1S/C18H22N2O3/c1-12-6-7-15-14(10-12)17(23-19-15)13-4-2-8-20(11-13)18(21)16-5-3-9-22-16/h3,5,9,12-13H,2,4,6-8,10-11H2,1H3/t12-,13+/m0/s1. The zero-order valence-corrected chi connectivity index (χ0v) is 13.5. The number of furan rings is 1. The normalized spacial score (nSPS) is 24.5. The van der Waals surface area contributed by atoms with E-state index in [9.17, 15) is 4.79 Å². The SMILES string of the molecule is C[C@H]1CCc2noc([C@@H]3CCCN(C(=O)c4ccco4)C3)c2C1. The lowest BCUT2D eigenvalue weighted by Crippen LogP contribution is -2.39. The van der Waals surface area contributed by atoms with Gasteiger partial charge in [-0.1, -0.05) is 12.1 Å². The second-order valence-electron chi connectivity index (χ2n) is 6.89. The molecule has 1 amide bonds. The van der Waals surface area contributed by atoms with Crippen molar-refractivity contribution in [3.05, 3.63) is 41.2 Å². The zero-order chi connectivity index (χ0) is 15.8. The number of aromatic nitrogens is 1. The molecule has 2 aromatic heterocycles. The molecular formula is C18H22N2O3. The van der Waals surface area contributed by atoms with E-state index in [0.29, 0.717) is 18.2 Å². The van der Waals surface area contributed by atoms with Crippen molar-refractivity contribution in [2.45, 2.75) is 44.9 Å². The van der Waals surface area contributed by atoms with Gasteiger partial charge in [-0.2, -0.15) is 0 Å². The van der Waals surface area contributed by atoms with Crippen molar-refractivity contribution < 1.29 is 13.7 Å². The molecule has 0 N–H and O–H groups in total. The fourth-order valence-electron chi connectivity index (χ4n) is 3.86. The van der Waals surface area contributed by atoms with Crippen molar-refractivity contribution in [2.75, 3.05) is 13.1 Å². The van der Waals surface area contributed by atoms with Gasteiger partial charge in [0.1, 0.15) is 5.76 Å². The molecule has 3 heterocycles. The van der Waals surface area contributed by atoms with E-state index in [1.807, 2.05) is 4.90 Å². The predicted molar refractivity (Wildman–Crippen MR) is 84.3 cm³/mol. The molecule has 2 atom stereocenters. The summed E-state index contributed by atoms with van der Waals surface area (Å²) >= 11 is 0. The highest BCUT2D eigenvalue weighted by Gasteiger charge is 2.33. The van der Waals surface area contributed by atoms with Gasteiger partial charge < -0.3 is 13.8 Å². The van der Waals surface area contributed by atoms with Crippen LogP contribution in [0.1, 0.15) is 59.7 Å². The Labute approximate surface area is 135 Å². The van der Waals surface area contributed by atoms with Gasteiger partial charge >= 0.3 is 0 Å². The Balaban J connectivity index is 1.54. The Morgan fingerprint density at radius 2 is 2.30 bits per heavy atom. The zero-order valence-electron chi connectivity index (χ0n) is 13.5. The van der Waals surface area contributed by atoms with Gasteiger partial charge in [0.05, 0.1) is 12.0 Å². The molecule has 23 heavy (non-hydrogen) atoms. The maximum atomic E-state index is 12.5. The van der Waals surface area contributed by atoms with Gasteiger partial charge in [-0.05, 0) is 50.2 Å². The molecule has 2 aromatic rings. The van der Waals surface area contributed by atoms with E-state index in [1.165, 1.54) is 12.0 Å². The maximum absolute atomic E-state index is 12.5. The Bertz CT molecular complexity index is 689. The van der Waals surface area contributed by atoms with Crippen LogP contribution in [0.2, 0.25) is 0 Å². The number of carbonyl (C=O) groups excluding carboxylic acids is 1. The molecule has 1 aliphatic heterocycles. The van der Waals surface area contributed by atoms with E-state index in [4.69, 9.17) is 8.94 Å². The van der Waals surface area contributed by atoms with Crippen LogP contribution in [0.25, 0.3) is 0 Å². The van der Waals surface area contributed by atoms with Gasteiger partial charge in [0.2, 0.25) is 0 Å². The van der Waals surface area contributed by atoms with Gasteiger partial charge in [-0.25, -0.2) is 0 Å². The van der Waals surface area contributed by atoms with E-state index in [1.54, 1.807) is 18.4 Å². The minimum absolute atomic E-state index is 0.0264. The average molecular weight is 314 g/mol. The lowest BCUT2D eigenvalue weighted by Gasteiger charge is -2.31. The molecule has 1 fully saturated rings. The van der Waals surface area contributed by atoms with Crippen molar-refractivity contribution in [1.82, 2.24) is 10.1 Å². The molecule has 5 heteroatoms. The molecule has 4 rings (SSSR count). The van der Waals surface area contributed by atoms with Crippen molar-refractivity contribution in [1.29, 1.82) is 0 Å². The number of hydrogen-bond donors (Lipinski definition) is 0. The molecule has 122 valence electrons. The van der Waals surface area contributed by atoms with Gasteiger partial charge in [0, 0.05) is 24.6 Å². The number of amides is 1. The van der Waals surface area contributed by atoms with Crippen LogP contribution in [-0.2, 0) is 12.8 Å². The number of likely N-dealkylation sites (tertiary alicyclic amines) is 1. The van der Waals surface area contributed by atoms with Crippen LogP contribution in [0.3, 0.4) is 0 Å². The number of hydrogen-bond acceptors (Lipinski definition) is 4. The molecule has 0 bridgehead atoms. The molecule has 5 nitrogen and oxygen atoms in total. The quantitative estimate of drug-likeness (QED) is 0.852. The molecule has 0 spiro atoms. The van der Waals surface area contributed by atoms with Crippen LogP contribution in [0.15, 0.2) is 27.3 Å². The lowest BCUT2D eigenvalue weighted by molar-refractivity contribution is 0.0665. The second-order valence-corrected chi connectivity index (χ2v) is 6.89. The summed E-state index contributed by atoms with van der Waals surface area (Å²) in [4.78, 5) is 14.4. The van der Waals surface area contributed by atoms with Crippen LogP contribution in [0.4, 0.5) is 0 Å². The van der Waals surface area contributed by atoms with Gasteiger partial charge in [-0.15, -0.1) is 0 Å². The first-order valence-electron chi connectivity index (χ1n) is 8.52. The molecule has 0 saturated carbocycles. The Hall–Kier alpha value is -2.04. The van der Waals surface area contributed by atoms with E-state index in [2.05, 4.69) is 12.1 Å². The van der Waals surface area contributed by atoms with E-state index in [-0.39, 0.29) is 11.8 Å². The summed E-state index contributed by atoms with van der Waals surface area (Å²) in [5, 5.41) is 4.29. The fourth-order valence-corrected chi connectivity index (χ4v) is 3.86. The van der Waals surface area contributed by atoms with Crippen molar-refractivity contribution in [3.8, 4) is 0 Å². The van der Waals surface area contributed by atoms with Crippen LogP contribution in [0.5, 0.6) is 0 Å². The Morgan fingerprint density at radius 3 is 3.13 bits per heavy atom. The first-order chi connectivity index (χ1) is 11.2. The molecule has 1 aliphatic carbocycles. The predicted octanol–water partition coefficient (Wildman–Crippen LogP) is 3.41. The number of carbonyl (C=O) groups is 1. The Morgan fingerprint density at radius 1 is 1.39 bits per heavy atom. The first-order valence-corrected chi connectivity index (χ1v) is 8.52. The van der Waals surface area contributed by atoms with Crippen LogP contribution < -0.4 is 0 Å². The summed E-state index contributed by atoms with van der Waals surface area (Å²) in [6.45, 7) is 3.76. The third-order valence-electron chi connectivity index (χ3n) is 5.14. The third kappa shape index (κ3) is 2.69. The van der Waals surface area contributed by atoms with Gasteiger partial charge in [0.25, 0.3) is 5.91 Å². The highest BCUT2D eigenvalue weighted by molar-refractivity contribution is 5.91. The minimum Gasteiger partial charge on any atom is -0.459 e. The van der Waals surface area contributed by atoms with E-state index >= 15 is 0 Å². The largest absolute Gasteiger partial charge is 0.459 e. The van der Waals surface area contributed by atoms with Crippen molar-refractivity contribution in [2.24, 2.45) is 5.92 Å². The highest BCUT2D eigenvalue weighted by Crippen LogP contribution is 2.35. The summed E-state index contributed by atoms with van der Waals surface area (Å²) in [5.74, 6) is 2.35. The third-order valence-corrected chi connectivity index (χ3v) is 5.14. The average Bonchev–Trinajstić information content (AvgIpc) is 3.23. The summed E-state index contributed by atoms with van der Waals surface area (Å²) in [6.07, 6.45) is 6.84. The molecular weight excluding hydrogens is 292 g/mol. The Kier molecular flexibility index (Phi) is 3.71. The smallest absolute Gasteiger partial charge is 0.289 e. The number of nitrogens with zero attached hydrogens (tertiary/aromatic N) is 2. The fraction of sp³-hybridized carbons (Fsp3) is 0.556. The number of fused-ring (bicyclic) bond motifs is 1. The first kappa shape index (κ1) is 14.5.